The first kappa shape index (κ1) is 14.5. The van der Waals surface area contributed by atoms with Crippen LogP contribution in [-0.4, -0.2) is 56.9 Å². The van der Waals surface area contributed by atoms with Crippen molar-refractivity contribution in [1.29, 1.82) is 0 Å². The van der Waals surface area contributed by atoms with Gasteiger partial charge in [-0.1, -0.05) is 0 Å². The van der Waals surface area contributed by atoms with Gasteiger partial charge < -0.3 is 19.5 Å². The van der Waals surface area contributed by atoms with E-state index in [2.05, 4.69) is 0 Å². The number of ketones is 1. The van der Waals surface area contributed by atoms with Crippen LogP contribution in [0.2, 0.25) is 0 Å². The van der Waals surface area contributed by atoms with Gasteiger partial charge in [0.2, 0.25) is 0 Å². The maximum Gasteiger partial charge on any atom is 0.337 e. The minimum Gasteiger partial charge on any atom is -0.465 e. The molecule has 0 saturated carbocycles. The van der Waals surface area contributed by atoms with Gasteiger partial charge in [0.05, 0.1) is 25.9 Å². The van der Waals surface area contributed by atoms with Crippen LogP contribution in [0.5, 0.6) is 0 Å². The van der Waals surface area contributed by atoms with Gasteiger partial charge in [-0.25, -0.2) is 4.79 Å². The van der Waals surface area contributed by atoms with E-state index in [4.69, 9.17) is 14.6 Å². The molecule has 20 heavy (non-hydrogen) atoms. The lowest BCUT2D eigenvalue weighted by Gasteiger charge is -2.29. The van der Waals surface area contributed by atoms with E-state index in [1.54, 1.807) is 12.1 Å². The number of hydrogen-bond acceptors (Lipinski definition) is 6. The number of morpholine rings is 1. The number of esters is 1. The molecular formula is C14H17NO5. The highest BCUT2D eigenvalue weighted by Crippen LogP contribution is 2.21. The van der Waals surface area contributed by atoms with Crippen molar-refractivity contribution < 1.29 is 24.2 Å². The van der Waals surface area contributed by atoms with Crippen LogP contribution in [0.3, 0.4) is 0 Å². The van der Waals surface area contributed by atoms with Crippen LogP contribution in [0.25, 0.3) is 0 Å². The molecule has 108 valence electrons. The predicted molar refractivity (Wildman–Crippen MR) is 72.2 cm³/mol. The molecule has 2 rings (SSSR count). The Balaban J connectivity index is 2.38. The third-order valence-corrected chi connectivity index (χ3v) is 3.18. The molecule has 0 atom stereocenters. The van der Waals surface area contributed by atoms with E-state index in [9.17, 15) is 9.59 Å². The fourth-order valence-corrected chi connectivity index (χ4v) is 2.10. The number of aliphatic hydroxyl groups is 1. The quantitative estimate of drug-likeness (QED) is 0.638. The normalized spacial score (nSPS) is 15.0. The molecule has 1 aromatic rings. The van der Waals surface area contributed by atoms with E-state index in [0.717, 1.165) is 5.69 Å². The summed E-state index contributed by atoms with van der Waals surface area (Å²) in [5.74, 6) is -0.933. The molecule has 1 aromatic carbocycles. The lowest BCUT2D eigenvalue weighted by molar-refractivity contribution is 0.0600. The summed E-state index contributed by atoms with van der Waals surface area (Å²) < 4.78 is 9.97. The Bertz CT molecular complexity index is 474. The van der Waals surface area contributed by atoms with Crippen LogP contribution in [0, 0.1) is 0 Å². The molecule has 0 spiro atoms. The summed E-state index contributed by atoms with van der Waals surface area (Å²) in [6.45, 7) is 2.00. The van der Waals surface area contributed by atoms with Gasteiger partial charge in [-0.2, -0.15) is 0 Å². The Kier molecular flexibility index (Phi) is 4.70. The fraction of sp³-hybridized carbons (Fsp3) is 0.429. The summed E-state index contributed by atoms with van der Waals surface area (Å²) >= 11 is 0. The van der Waals surface area contributed by atoms with Gasteiger partial charge in [0.1, 0.15) is 6.61 Å². The maximum atomic E-state index is 11.7. The van der Waals surface area contributed by atoms with Crippen molar-refractivity contribution in [1.82, 2.24) is 0 Å². The Labute approximate surface area is 116 Å². The molecule has 0 radical (unpaired) electrons. The van der Waals surface area contributed by atoms with E-state index in [1.807, 2.05) is 4.90 Å². The molecule has 1 aliphatic rings. The van der Waals surface area contributed by atoms with Crippen LogP contribution < -0.4 is 4.90 Å². The third kappa shape index (κ3) is 3.15. The van der Waals surface area contributed by atoms with Gasteiger partial charge in [-0.15, -0.1) is 0 Å². The van der Waals surface area contributed by atoms with Crippen LogP contribution in [-0.2, 0) is 9.47 Å². The minimum atomic E-state index is -0.590. The van der Waals surface area contributed by atoms with Crippen molar-refractivity contribution in [2.75, 3.05) is 44.9 Å². The fourth-order valence-electron chi connectivity index (χ4n) is 2.10. The lowest BCUT2D eigenvalue weighted by atomic mass is 10.0. The smallest absolute Gasteiger partial charge is 0.337 e. The number of nitrogens with zero attached hydrogens (tertiary/aromatic N) is 1. The van der Waals surface area contributed by atoms with E-state index in [1.165, 1.54) is 13.2 Å². The molecule has 1 fully saturated rings. The maximum absolute atomic E-state index is 11.7. The Morgan fingerprint density at radius 1 is 1.25 bits per heavy atom. The van der Waals surface area contributed by atoms with Crippen molar-refractivity contribution >= 4 is 17.4 Å². The first-order valence-corrected chi connectivity index (χ1v) is 6.36. The van der Waals surface area contributed by atoms with E-state index in [-0.39, 0.29) is 0 Å². The SMILES string of the molecule is COC(=O)c1cc(C(=O)CO)cc(N2CCOCC2)c1. The topological polar surface area (TPSA) is 76.1 Å². The Morgan fingerprint density at radius 2 is 1.90 bits per heavy atom. The van der Waals surface area contributed by atoms with Gasteiger partial charge in [0, 0.05) is 24.3 Å². The van der Waals surface area contributed by atoms with Gasteiger partial charge in [-0.3, -0.25) is 4.79 Å². The predicted octanol–water partition coefficient (Wildman–Crippen LogP) is 0.485. The molecule has 0 bridgehead atoms. The largest absolute Gasteiger partial charge is 0.465 e. The average Bonchev–Trinajstić information content (AvgIpc) is 2.53. The van der Waals surface area contributed by atoms with Crippen molar-refractivity contribution in [2.24, 2.45) is 0 Å². The Morgan fingerprint density at radius 3 is 2.50 bits per heavy atom. The van der Waals surface area contributed by atoms with Crippen molar-refractivity contribution in [2.45, 2.75) is 0 Å². The van der Waals surface area contributed by atoms with E-state index >= 15 is 0 Å². The molecule has 0 aliphatic carbocycles. The highest BCUT2D eigenvalue weighted by molar-refractivity contribution is 6.01. The second-order valence-corrected chi connectivity index (χ2v) is 4.44. The van der Waals surface area contributed by atoms with Crippen molar-refractivity contribution in [3.63, 3.8) is 0 Å². The number of methoxy groups -OCH3 is 1. The highest BCUT2D eigenvalue weighted by Gasteiger charge is 2.17. The zero-order valence-corrected chi connectivity index (χ0v) is 11.3. The van der Waals surface area contributed by atoms with E-state index < -0.39 is 18.4 Å². The molecule has 1 aliphatic heterocycles. The van der Waals surface area contributed by atoms with Gasteiger partial charge >= 0.3 is 5.97 Å². The van der Waals surface area contributed by atoms with Crippen LogP contribution in [0.4, 0.5) is 5.69 Å². The summed E-state index contributed by atoms with van der Waals surface area (Å²) in [5.41, 5.74) is 1.36. The van der Waals surface area contributed by atoms with Crippen LogP contribution in [0.15, 0.2) is 18.2 Å². The van der Waals surface area contributed by atoms with Crippen molar-refractivity contribution in [3.05, 3.63) is 29.3 Å². The molecule has 1 N–H and O–H groups in total. The summed E-state index contributed by atoms with van der Waals surface area (Å²) in [4.78, 5) is 25.4. The molecule has 0 aromatic heterocycles. The standard InChI is InChI=1S/C14H17NO5/c1-19-14(18)11-6-10(13(17)9-16)7-12(8-11)15-2-4-20-5-3-15/h6-8,16H,2-5,9H2,1H3. The molecule has 1 heterocycles. The number of ether oxygens (including phenoxy) is 2. The van der Waals surface area contributed by atoms with Gasteiger partial charge in [0.25, 0.3) is 0 Å². The van der Waals surface area contributed by atoms with Crippen LogP contribution in [0.1, 0.15) is 20.7 Å². The monoisotopic (exact) mass is 279 g/mol. The van der Waals surface area contributed by atoms with Crippen LogP contribution >= 0.6 is 0 Å². The number of aliphatic hydroxyl groups excluding tert-OH is 1. The first-order chi connectivity index (χ1) is 9.65. The molecule has 0 amide bonds. The number of benzene rings is 1. The first-order valence-electron chi connectivity index (χ1n) is 6.36. The van der Waals surface area contributed by atoms with Gasteiger partial charge in [0.15, 0.2) is 5.78 Å². The third-order valence-electron chi connectivity index (χ3n) is 3.18. The molecule has 6 nitrogen and oxygen atoms in total. The zero-order chi connectivity index (χ0) is 14.5. The summed E-state index contributed by atoms with van der Waals surface area (Å²) in [7, 11) is 1.29. The highest BCUT2D eigenvalue weighted by atomic mass is 16.5. The van der Waals surface area contributed by atoms with Crippen molar-refractivity contribution in [3.8, 4) is 0 Å². The number of rotatable bonds is 4. The van der Waals surface area contributed by atoms with E-state index in [0.29, 0.717) is 37.4 Å². The summed E-state index contributed by atoms with van der Waals surface area (Å²) in [6, 6.07) is 4.80. The Hall–Kier alpha value is -1.92. The number of hydrogen-bond donors (Lipinski definition) is 1. The number of Topliss-reactive ketones (excluding diaryl/α,β-unsaturated/α-hetero) is 1. The second kappa shape index (κ2) is 6.49. The summed E-state index contributed by atoms with van der Waals surface area (Å²) in [5, 5.41) is 8.98. The second-order valence-electron chi connectivity index (χ2n) is 4.44. The number of carbonyl (C=O) groups excluding carboxylic acids is 2. The molecule has 6 heteroatoms. The van der Waals surface area contributed by atoms with Gasteiger partial charge in [-0.05, 0) is 18.2 Å². The number of anilines is 1. The molecular weight excluding hydrogens is 262 g/mol. The summed E-state index contributed by atoms with van der Waals surface area (Å²) in [6.07, 6.45) is 0. The minimum absolute atomic E-state index is 0.299. The number of carbonyl (C=O) groups is 2. The molecule has 1 saturated heterocycles. The average molecular weight is 279 g/mol. The zero-order valence-electron chi connectivity index (χ0n) is 11.3. The lowest BCUT2D eigenvalue weighted by Crippen LogP contribution is -2.36. The molecule has 0 unspecified atom stereocenters.